The van der Waals surface area contributed by atoms with Gasteiger partial charge in [-0.05, 0) is 25.2 Å². The van der Waals surface area contributed by atoms with Gasteiger partial charge in [0, 0.05) is 19.8 Å². The van der Waals surface area contributed by atoms with Crippen LogP contribution in [0.15, 0.2) is 6.20 Å². The van der Waals surface area contributed by atoms with Crippen molar-refractivity contribution >= 4 is 11.9 Å². The molecule has 2 rings (SSSR count). The lowest BCUT2D eigenvalue weighted by Gasteiger charge is -2.04. The second kappa shape index (κ2) is 6.99. The standard InChI is InChI=1S/C12H18N4O4/c17-11(18)7-16-6-10(14-15-16)12(19)13-4-1-5-20-8-9-2-3-9/h6,9H,1-5,7-8H2,(H,13,19)(H,17,18). The van der Waals surface area contributed by atoms with E-state index in [9.17, 15) is 9.59 Å². The lowest BCUT2D eigenvalue weighted by atomic mass is 10.4. The predicted octanol–water partition coefficient (Wildman–Crippen LogP) is -0.0908. The first-order chi connectivity index (χ1) is 9.65. The van der Waals surface area contributed by atoms with Crippen LogP contribution >= 0.6 is 0 Å². The summed E-state index contributed by atoms with van der Waals surface area (Å²) in [7, 11) is 0. The fourth-order valence-corrected chi connectivity index (χ4v) is 1.62. The Hall–Kier alpha value is -1.96. The Labute approximate surface area is 116 Å². The summed E-state index contributed by atoms with van der Waals surface area (Å²) in [6, 6.07) is 0. The first-order valence-corrected chi connectivity index (χ1v) is 6.63. The number of hydrogen-bond acceptors (Lipinski definition) is 5. The molecule has 1 heterocycles. The summed E-state index contributed by atoms with van der Waals surface area (Å²) in [5.41, 5.74) is 0.116. The molecular weight excluding hydrogens is 264 g/mol. The number of nitrogens with zero attached hydrogens (tertiary/aromatic N) is 3. The maximum Gasteiger partial charge on any atom is 0.325 e. The maximum absolute atomic E-state index is 11.7. The van der Waals surface area contributed by atoms with Gasteiger partial charge >= 0.3 is 5.97 Å². The Morgan fingerprint density at radius 3 is 3.00 bits per heavy atom. The third-order valence-corrected chi connectivity index (χ3v) is 2.87. The van der Waals surface area contributed by atoms with Crippen LogP contribution in [0.3, 0.4) is 0 Å². The fraction of sp³-hybridized carbons (Fsp3) is 0.667. The van der Waals surface area contributed by atoms with Gasteiger partial charge in [0.2, 0.25) is 0 Å². The molecule has 8 heteroatoms. The van der Waals surface area contributed by atoms with E-state index in [4.69, 9.17) is 9.84 Å². The number of hydrogen-bond donors (Lipinski definition) is 2. The lowest BCUT2D eigenvalue weighted by Crippen LogP contribution is -2.25. The van der Waals surface area contributed by atoms with Crippen molar-refractivity contribution in [2.45, 2.75) is 25.8 Å². The molecule has 1 aliphatic carbocycles. The van der Waals surface area contributed by atoms with E-state index in [2.05, 4.69) is 15.6 Å². The molecule has 1 aromatic rings. The molecule has 1 aromatic heterocycles. The summed E-state index contributed by atoms with van der Waals surface area (Å²) < 4.78 is 6.55. The Morgan fingerprint density at radius 1 is 1.50 bits per heavy atom. The van der Waals surface area contributed by atoms with Crippen LogP contribution in [-0.4, -0.2) is 51.7 Å². The number of rotatable bonds is 9. The molecule has 0 aromatic carbocycles. The molecule has 1 amide bonds. The second-order valence-corrected chi connectivity index (χ2v) is 4.82. The first kappa shape index (κ1) is 14.4. The van der Waals surface area contributed by atoms with Gasteiger partial charge < -0.3 is 15.2 Å². The first-order valence-electron chi connectivity index (χ1n) is 6.63. The Kier molecular flexibility index (Phi) is 5.05. The quantitative estimate of drug-likeness (QED) is 0.613. The zero-order chi connectivity index (χ0) is 14.4. The number of aliphatic carboxylic acids is 1. The number of carboxylic acid groups (broad SMARTS) is 1. The van der Waals surface area contributed by atoms with E-state index >= 15 is 0 Å². The maximum atomic E-state index is 11.7. The van der Waals surface area contributed by atoms with Gasteiger partial charge in [-0.1, -0.05) is 5.21 Å². The molecule has 0 spiro atoms. The van der Waals surface area contributed by atoms with Crippen molar-refractivity contribution in [3.05, 3.63) is 11.9 Å². The van der Waals surface area contributed by atoms with Gasteiger partial charge in [0.25, 0.3) is 5.91 Å². The van der Waals surface area contributed by atoms with Crippen LogP contribution in [0.4, 0.5) is 0 Å². The third-order valence-electron chi connectivity index (χ3n) is 2.87. The zero-order valence-electron chi connectivity index (χ0n) is 11.1. The van der Waals surface area contributed by atoms with E-state index in [-0.39, 0.29) is 18.1 Å². The summed E-state index contributed by atoms with van der Waals surface area (Å²) >= 11 is 0. The Bertz CT molecular complexity index is 470. The molecule has 0 unspecified atom stereocenters. The number of carbonyl (C=O) groups excluding carboxylic acids is 1. The van der Waals surface area contributed by atoms with E-state index in [1.165, 1.54) is 19.0 Å². The Morgan fingerprint density at radius 2 is 2.30 bits per heavy atom. The van der Waals surface area contributed by atoms with Crippen LogP contribution in [0, 0.1) is 5.92 Å². The SMILES string of the molecule is O=C(O)Cn1cc(C(=O)NCCCOCC2CC2)nn1. The van der Waals surface area contributed by atoms with Gasteiger partial charge in [0.15, 0.2) is 5.69 Å². The summed E-state index contributed by atoms with van der Waals surface area (Å²) in [6.07, 6.45) is 4.58. The van der Waals surface area contributed by atoms with Gasteiger partial charge in [0.1, 0.15) is 6.54 Å². The highest BCUT2D eigenvalue weighted by Crippen LogP contribution is 2.28. The second-order valence-electron chi connectivity index (χ2n) is 4.82. The molecule has 0 atom stereocenters. The molecule has 1 aliphatic rings. The Balaban J connectivity index is 1.60. The molecule has 110 valence electrons. The number of carboxylic acids is 1. The average molecular weight is 282 g/mol. The van der Waals surface area contributed by atoms with Crippen molar-refractivity contribution in [3.8, 4) is 0 Å². The molecule has 8 nitrogen and oxygen atoms in total. The van der Waals surface area contributed by atoms with Crippen molar-refractivity contribution < 1.29 is 19.4 Å². The van der Waals surface area contributed by atoms with Crippen LogP contribution in [0.25, 0.3) is 0 Å². The molecule has 1 fully saturated rings. The van der Waals surface area contributed by atoms with E-state index in [1.54, 1.807) is 0 Å². The van der Waals surface area contributed by atoms with Crippen molar-refractivity contribution in [2.75, 3.05) is 19.8 Å². The van der Waals surface area contributed by atoms with E-state index in [0.29, 0.717) is 13.2 Å². The highest BCUT2D eigenvalue weighted by atomic mass is 16.5. The molecule has 20 heavy (non-hydrogen) atoms. The fourth-order valence-electron chi connectivity index (χ4n) is 1.62. The van der Waals surface area contributed by atoms with Crippen LogP contribution in [0.5, 0.6) is 0 Å². The van der Waals surface area contributed by atoms with Crippen molar-refractivity contribution in [2.24, 2.45) is 5.92 Å². The van der Waals surface area contributed by atoms with Crippen LogP contribution < -0.4 is 5.32 Å². The molecule has 0 saturated heterocycles. The molecule has 1 saturated carbocycles. The predicted molar refractivity (Wildman–Crippen MR) is 68.2 cm³/mol. The third kappa shape index (κ3) is 4.96. The molecule has 0 radical (unpaired) electrons. The summed E-state index contributed by atoms with van der Waals surface area (Å²) in [6.45, 7) is 1.63. The number of ether oxygens (including phenoxy) is 1. The molecule has 0 bridgehead atoms. The van der Waals surface area contributed by atoms with Gasteiger partial charge in [-0.2, -0.15) is 0 Å². The van der Waals surface area contributed by atoms with Crippen molar-refractivity contribution in [1.82, 2.24) is 20.3 Å². The number of carbonyl (C=O) groups is 2. The van der Waals surface area contributed by atoms with Gasteiger partial charge in [-0.25, -0.2) is 4.68 Å². The zero-order valence-corrected chi connectivity index (χ0v) is 11.1. The minimum Gasteiger partial charge on any atom is -0.480 e. The van der Waals surface area contributed by atoms with Gasteiger partial charge in [0.05, 0.1) is 6.20 Å². The van der Waals surface area contributed by atoms with Crippen molar-refractivity contribution in [1.29, 1.82) is 0 Å². The topological polar surface area (TPSA) is 106 Å². The highest BCUT2D eigenvalue weighted by Gasteiger charge is 2.20. The van der Waals surface area contributed by atoms with E-state index < -0.39 is 5.97 Å². The molecule has 2 N–H and O–H groups in total. The smallest absolute Gasteiger partial charge is 0.325 e. The molecule has 0 aliphatic heterocycles. The largest absolute Gasteiger partial charge is 0.480 e. The van der Waals surface area contributed by atoms with Gasteiger partial charge in [-0.3, -0.25) is 9.59 Å². The van der Waals surface area contributed by atoms with Crippen LogP contribution in [-0.2, 0) is 16.1 Å². The minimum atomic E-state index is -1.03. The number of amides is 1. The lowest BCUT2D eigenvalue weighted by molar-refractivity contribution is -0.137. The van der Waals surface area contributed by atoms with Crippen LogP contribution in [0.1, 0.15) is 29.8 Å². The summed E-state index contributed by atoms with van der Waals surface area (Å²) in [4.78, 5) is 22.1. The monoisotopic (exact) mass is 282 g/mol. The van der Waals surface area contributed by atoms with Crippen LogP contribution in [0.2, 0.25) is 0 Å². The number of nitrogens with one attached hydrogen (secondary N) is 1. The summed E-state index contributed by atoms with van der Waals surface area (Å²) in [5, 5.41) is 18.4. The highest BCUT2D eigenvalue weighted by molar-refractivity contribution is 5.91. The van der Waals surface area contributed by atoms with Gasteiger partial charge in [-0.15, -0.1) is 5.10 Å². The molecular formula is C12H18N4O4. The number of aromatic nitrogens is 3. The summed E-state index contributed by atoms with van der Waals surface area (Å²) in [5.74, 6) is -0.646. The van der Waals surface area contributed by atoms with E-state index in [1.807, 2.05) is 0 Å². The minimum absolute atomic E-state index is 0.116. The average Bonchev–Trinajstić information content (AvgIpc) is 3.11. The van der Waals surface area contributed by atoms with E-state index in [0.717, 1.165) is 23.6 Å². The van der Waals surface area contributed by atoms with Crippen molar-refractivity contribution in [3.63, 3.8) is 0 Å². The normalized spacial score (nSPS) is 14.2.